The predicted octanol–water partition coefficient (Wildman–Crippen LogP) is 0.801. The van der Waals surface area contributed by atoms with Gasteiger partial charge in [0, 0.05) is 32.1 Å². The first kappa shape index (κ1) is 15.0. The molecule has 1 aromatic rings. The molecule has 1 amide bonds. The van der Waals surface area contributed by atoms with Gasteiger partial charge in [0.25, 0.3) is 0 Å². The van der Waals surface area contributed by atoms with Crippen LogP contribution in [0.5, 0.6) is 0 Å². The van der Waals surface area contributed by atoms with E-state index in [2.05, 4.69) is 0 Å². The van der Waals surface area contributed by atoms with E-state index in [0.717, 1.165) is 12.8 Å². The SMILES string of the molecule is N#Cc1ccccc1S(=O)(=O)N1CCN(C(=O)C2CC2)CC1. The van der Waals surface area contributed by atoms with Gasteiger partial charge in [0.1, 0.15) is 6.07 Å². The minimum Gasteiger partial charge on any atom is -0.340 e. The third kappa shape index (κ3) is 2.72. The summed E-state index contributed by atoms with van der Waals surface area (Å²) in [5.41, 5.74) is 0.152. The van der Waals surface area contributed by atoms with Crippen molar-refractivity contribution in [2.24, 2.45) is 5.92 Å². The lowest BCUT2D eigenvalue weighted by Gasteiger charge is -2.34. The second-order valence-corrected chi connectivity index (χ2v) is 7.52. The average molecular weight is 319 g/mol. The number of nitriles is 1. The van der Waals surface area contributed by atoms with E-state index in [-0.39, 0.29) is 35.4 Å². The first-order valence-corrected chi connectivity index (χ1v) is 8.76. The van der Waals surface area contributed by atoms with Crippen molar-refractivity contribution in [1.82, 2.24) is 9.21 Å². The molecule has 0 spiro atoms. The number of hydrogen-bond donors (Lipinski definition) is 0. The van der Waals surface area contributed by atoms with Crippen LogP contribution < -0.4 is 0 Å². The minimum absolute atomic E-state index is 0.0412. The molecule has 1 aliphatic heterocycles. The Kier molecular flexibility index (Phi) is 3.89. The summed E-state index contributed by atoms with van der Waals surface area (Å²) in [6.45, 7) is 1.40. The molecule has 1 saturated carbocycles. The monoisotopic (exact) mass is 319 g/mol. The van der Waals surface area contributed by atoms with Crippen LogP contribution >= 0.6 is 0 Å². The molecule has 7 heteroatoms. The highest BCUT2D eigenvalue weighted by Gasteiger charge is 2.37. The van der Waals surface area contributed by atoms with Crippen molar-refractivity contribution < 1.29 is 13.2 Å². The fourth-order valence-corrected chi connectivity index (χ4v) is 4.22. The molecule has 0 radical (unpaired) electrons. The van der Waals surface area contributed by atoms with Crippen molar-refractivity contribution in [2.45, 2.75) is 17.7 Å². The summed E-state index contributed by atoms with van der Waals surface area (Å²) in [5.74, 6) is 0.303. The molecule has 0 unspecified atom stereocenters. The van der Waals surface area contributed by atoms with E-state index >= 15 is 0 Å². The zero-order chi connectivity index (χ0) is 15.7. The van der Waals surface area contributed by atoms with Gasteiger partial charge in [-0.25, -0.2) is 8.42 Å². The highest BCUT2D eigenvalue weighted by atomic mass is 32.2. The van der Waals surface area contributed by atoms with Crippen LogP contribution in [0.1, 0.15) is 18.4 Å². The zero-order valence-corrected chi connectivity index (χ0v) is 12.9. The van der Waals surface area contributed by atoms with Crippen molar-refractivity contribution >= 4 is 15.9 Å². The summed E-state index contributed by atoms with van der Waals surface area (Å²) < 4.78 is 26.7. The molecule has 6 nitrogen and oxygen atoms in total. The normalized spacial score (nSPS) is 19.7. The molecule has 0 aromatic heterocycles. The molecule has 0 atom stereocenters. The van der Waals surface area contributed by atoms with Crippen LogP contribution in [0.3, 0.4) is 0 Å². The van der Waals surface area contributed by atoms with Crippen LogP contribution in [0.4, 0.5) is 0 Å². The van der Waals surface area contributed by atoms with Crippen molar-refractivity contribution in [1.29, 1.82) is 5.26 Å². The molecule has 2 fully saturated rings. The van der Waals surface area contributed by atoms with Crippen LogP contribution in [0.15, 0.2) is 29.2 Å². The standard InChI is InChI=1S/C15H17N3O3S/c16-11-13-3-1-2-4-14(13)22(20,21)18-9-7-17(8-10-18)15(19)12-5-6-12/h1-4,12H,5-10H2. The first-order chi connectivity index (χ1) is 10.5. The van der Waals surface area contributed by atoms with Crippen molar-refractivity contribution in [2.75, 3.05) is 26.2 Å². The molecule has 2 aliphatic rings. The summed E-state index contributed by atoms with van der Waals surface area (Å²) in [6, 6.07) is 8.13. The summed E-state index contributed by atoms with van der Waals surface area (Å²) in [7, 11) is -3.69. The van der Waals surface area contributed by atoms with Gasteiger partial charge in [-0.1, -0.05) is 12.1 Å². The molecule has 1 saturated heterocycles. The maximum absolute atomic E-state index is 12.7. The van der Waals surface area contributed by atoms with Gasteiger partial charge < -0.3 is 4.90 Å². The van der Waals surface area contributed by atoms with Crippen LogP contribution in [0, 0.1) is 17.2 Å². The van der Waals surface area contributed by atoms with Crippen LogP contribution in [-0.2, 0) is 14.8 Å². The molecule has 1 heterocycles. The molecule has 0 bridgehead atoms. The van der Waals surface area contributed by atoms with Crippen molar-refractivity contribution in [3.63, 3.8) is 0 Å². The zero-order valence-electron chi connectivity index (χ0n) is 12.1. The Morgan fingerprint density at radius 3 is 2.36 bits per heavy atom. The summed E-state index contributed by atoms with van der Waals surface area (Å²) in [4.78, 5) is 13.8. The summed E-state index contributed by atoms with van der Waals surface area (Å²) in [6.07, 6.45) is 1.90. The Labute approximate surface area is 130 Å². The van der Waals surface area contributed by atoms with Crippen LogP contribution in [-0.4, -0.2) is 49.7 Å². The lowest BCUT2D eigenvalue weighted by Crippen LogP contribution is -2.51. The maximum Gasteiger partial charge on any atom is 0.244 e. The van der Waals surface area contributed by atoms with E-state index in [0.29, 0.717) is 13.1 Å². The van der Waals surface area contributed by atoms with E-state index in [9.17, 15) is 13.2 Å². The van der Waals surface area contributed by atoms with E-state index < -0.39 is 10.0 Å². The van der Waals surface area contributed by atoms with Gasteiger partial charge in [0.05, 0.1) is 10.5 Å². The van der Waals surface area contributed by atoms with Crippen molar-refractivity contribution in [3.05, 3.63) is 29.8 Å². The molecule has 3 rings (SSSR count). The molecule has 1 aromatic carbocycles. The van der Waals surface area contributed by atoms with Gasteiger partial charge in [0.15, 0.2) is 0 Å². The Morgan fingerprint density at radius 2 is 1.77 bits per heavy atom. The fraction of sp³-hybridized carbons (Fsp3) is 0.467. The molecular formula is C15H17N3O3S. The minimum atomic E-state index is -3.69. The number of piperazine rings is 1. The summed E-state index contributed by atoms with van der Waals surface area (Å²) >= 11 is 0. The van der Waals surface area contributed by atoms with E-state index in [1.165, 1.54) is 16.4 Å². The van der Waals surface area contributed by atoms with Gasteiger partial charge in [-0.15, -0.1) is 0 Å². The lowest BCUT2D eigenvalue weighted by atomic mass is 10.2. The largest absolute Gasteiger partial charge is 0.340 e. The molecule has 116 valence electrons. The third-order valence-corrected chi connectivity index (χ3v) is 6.06. The molecule has 22 heavy (non-hydrogen) atoms. The number of carbonyl (C=O) groups is 1. The molecule has 1 aliphatic carbocycles. The highest BCUT2D eigenvalue weighted by Crippen LogP contribution is 2.31. The quantitative estimate of drug-likeness (QED) is 0.825. The third-order valence-electron chi connectivity index (χ3n) is 4.10. The van der Waals surface area contributed by atoms with Crippen molar-refractivity contribution in [3.8, 4) is 6.07 Å². The van der Waals surface area contributed by atoms with E-state index in [4.69, 9.17) is 5.26 Å². The van der Waals surface area contributed by atoms with Gasteiger partial charge >= 0.3 is 0 Å². The number of hydrogen-bond acceptors (Lipinski definition) is 4. The smallest absolute Gasteiger partial charge is 0.244 e. The Morgan fingerprint density at radius 1 is 1.14 bits per heavy atom. The predicted molar refractivity (Wildman–Crippen MR) is 79.2 cm³/mol. The number of benzene rings is 1. The van der Waals surface area contributed by atoms with Gasteiger partial charge in [0.2, 0.25) is 15.9 Å². The van der Waals surface area contributed by atoms with Gasteiger partial charge in [-0.3, -0.25) is 4.79 Å². The highest BCUT2D eigenvalue weighted by molar-refractivity contribution is 7.89. The van der Waals surface area contributed by atoms with Crippen LogP contribution in [0.2, 0.25) is 0 Å². The second-order valence-electron chi connectivity index (χ2n) is 5.61. The van der Waals surface area contributed by atoms with E-state index in [1.807, 2.05) is 6.07 Å². The van der Waals surface area contributed by atoms with Crippen LogP contribution in [0.25, 0.3) is 0 Å². The first-order valence-electron chi connectivity index (χ1n) is 7.32. The Hall–Kier alpha value is -1.91. The average Bonchev–Trinajstić information content (AvgIpc) is 3.39. The molecular weight excluding hydrogens is 302 g/mol. The topological polar surface area (TPSA) is 81.5 Å². The number of amides is 1. The lowest BCUT2D eigenvalue weighted by molar-refractivity contribution is -0.133. The Bertz CT molecular complexity index is 727. The number of carbonyl (C=O) groups excluding carboxylic acids is 1. The number of sulfonamides is 1. The second kappa shape index (κ2) is 5.71. The molecule has 0 N–H and O–H groups in total. The Balaban J connectivity index is 1.74. The fourth-order valence-electron chi connectivity index (χ4n) is 2.66. The van der Waals surface area contributed by atoms with Gasteiger partial charge in [-0.2, -0.15) is 9.57 Å². The summed E-state index contributed by atoms with van der Waals surface area (Å²) in [5, 5.41) is 9.08. The van der Waals surface area contributed by atoms with E-state index in [1.54, 1.807) is 17.0 Å². The number of rotatable bonds is 3. The maximum atomic E-state index is 12.7. The van der Waals surface area contributed by atoms with Gasteiger partial charge in [-0.05, 0) is 25.0 Å². The number of nitrogens with zero attached hydrogens (tertiary/aromatic N) is 3.